The number of benzene rings is 1. The topological polar surface area (TPSA) is 21.3 Å². The van der Waals surface area contributed by atoms with Crippen molar-refractivity contribution < 1.29 is 13.5 Å². The number of halogens is 2. The zero-order valence-electron chi connectivity index (χ0n) is 9.59. The van der Waals surface area contributed by atoms with Gasteiger partial charge in [0.25, 0.3) is 0 Å². The van der Waals surface area contributed by atoms with E-state index in [1.165, 1.54) is 12.1 Å². The van der Waals surface area contributed by atoms with Crippen molar-refractivity contribution >= 4 is 0 Å². The maximum Gasteiger partial charge on any atom is 0.130 e. The molecule has 16 heavy (non-hydrogen) atoms. The lowest BCUT2D eigenvalue weighted by Crippen LogP contribution is -2.26. The summed E-state index contributed by atoms with van der Waals surface area (Å²) in [5.41, 5.74) is 0.463. The molecule has 0 fully saturated rings. The third-order valence-corrected chi connectivity index (χ3v) is 2.21. The molecule has 90 valence electrons. The van der Waals surface area contributed by atoms with Crippen molar-refractivity contribution in [1.82, 2.24) is 5.32 Å². The molecule has 1 aromatic carbocycles. The van der Waals surface area contributed by atoms with Crippen LogP contribution in [0.15, 0.2) is 18.2 Å². The number of nitrogens with one attached hydrogen (secondary N) is 1. The van der Waals surface area contributed by atoms with Gasteiger partial charge in [0.2, 0.25) is 0 Å². The summed E-state index contributed by atoms with van der Waals surface area (Å²) >= 11 is 0. The lowest BCUT2D eigenvalue weighted by Gasteiger charge is -2.12. The summed E-state index contributed by atoms with van der Waals surface area (Å²) in [6, 6.07) is 3.60. The Balaban J connectivity index is 2.37. The van der Waals surface area contributed by atoms with Crippen molar-refractivity contribution in [3.63, 3.8) is 0 Å². The molecule has 0 saturated carbocycles. The van der Waals surface area contributed by atoms with Crippen LogP contribution in [0.1, 0.15) is 19.4 Å². The summed E-state index contributed by atoms with van der Waals surface area (Å²) in [6.45, 7) is 5.55. The molecule has 0 saturated heterocycles. The predicted octanol–water partition coefficient (Wildman–Crippen LogP) is 2.48. The minimum atomic E-state index is -0.552. The highest BCUT2D eigenvalue weighted by molar-refractivity contribution is 5.18. The van der Waals surface area contributed by atoms with E-state index in [4.69, 9.17) is 4.74 Å². The molecule has 1 N–H and O–H groups in total. The lowest BCUT2D eigenvalue weighted by atomic mass is 10.2. The standard InChI is InChI=1S/C12H17F2NO/c1-3-16-9(2)7-15-8-10-4-5-11(13)6-12(10)14/h4-6,9,15H,3,7-8H2,1-2H3. The van der Waals surface area contributed by atoms with E-state index in [9.17, 15) is 8.78 Å². The zero-order chi connectivity index (χ0) is 12.0. The molecular weight excluding hydrogens is 212 g/mol. The van der Waals surface area contributed by atoms with Crippen molar-refractivity contribution in [2.45, 2.75) is 26.5 Å². The SMILES string of the molecule is CCOC(C)CNCc1ccc(F)cc1F. The fourth-order valence-corrected chi connectivity index (χ4v) is 1.42. The molecule has 0 bridgehead atoms. The van der Waals surface area contributed by atoms with Gasteiger partial charge in [-0.25, -0.2) is 8.78 Å². The third-order valence-electron chi connectivity index (χ3n) is 2.21. The van der Waals surface area contributed by atoms with E-state index < -0.39 is 11.6 Å². The minimum Gasteiger partial charge on any atom is -0.377 e. The molecule has 0 heterocycles. The fourth-order valence-electron chi connectivity index (χ4n) is 1.42. The molecule has 1 atom stereocenters. The second-order valence-electron chi connectivity index (χ2n) is 3.63. The quantitative estimate of drug-likeness (QED) is 0.809. The van der Waals surface area contributed by atoms with Crippen molar-refractivity contribution in [1.29, 1.82) is 0 Å². The first-order valence-corrected chi connectivity index (χ1v) is 5.39. The van der Waals surface area contributed by atoms with Crippen LogP contribution in [0.4, 0.5) is 8.78 Å². The monoisotopic (exact) mass is 229 g/mol. The molecule has 0 amide bonds. The average Bonchev–Trinajstić information content (AvgIpc) is 2.22. The van der Waals surface area contributed by atoms with Gasteiger partial charge in [0.1, 0.15) is 11.6 Å². The molecule has 0 aromatic heterocycles. The van der Waals surface area contributed by atoms with Crippen LogP contribution in [0.2, 0.25) is 0 Å². The van der Waals surface area contributed by atoms with Gasteiger partial charge in [-0.2, -0.15) is 0 Å². The number of rotatable bonds is 6. The molecule has 0 aliphatic rings. The van der Waals surface area contributed by atoms with Crippen molar-refractivity contribution in [3.8, 4) is 0 Å². The van der Waals surface area contributed by atoms with Crippen LogP contribution >= 0.6 is 0 Å². The van der Waals surface area contributed by atoms with Crippen LogP contribution < -0.4 is 5.32 Å². The van der Waals surface area contributed by atoms with Crippen molar-refractivity contribution in [2.24, 2.45) is 0 Å². The molecule has 0 aliphatic carbocycles. The zero-order valence-corrected chi connectivity index (χ0v) is 9.59. The molecule has 1 unspecified atom stereocenters. The van der Waals surface area contributed by atoms with Gasteiger partial charge in [0.15, 0.2) is 0 Å². The third kappa shape index (κ3) is 4.24. The molecule has 2 nitrogen and oxygen atoms in total. The Bertz CT molecular complexity index is 331. The molecule has 0 radical (unpaired) electrons. The summed E-state index contributed by atoms with van der Waals surface area (Å²) in [4.78, 5) is 0. The first-order valence-electron chi connectivity index (χ1n) is 5.39. The highest BCUT2D eigenvalue weighted by atomic mass is 19.1. The van der Waals surface area contributed by atoms with E-state index in [-0.39, 0.29) is 6.10 Å². The molecular formula is C12H17F2NO. The molecule has 1 aromatic rings. The van der Waals surface area contributed by atoms with E-state index in [1.54, 1.807) is 0 Å². The van der Waals surface area contributed by atoms with E-state index in [2.05, 4.69) is 5.32 Å². The van der Waals surface area contributed by atoms with E-state index in [0.717, 1.165) is 6.07 Å². The van der Waals surface area contributed by atoms with Crippen molar-refractivity contribution in [2.75, 3.05) is 13.2 Å². The largest absolute Gasteiger partial charge is 0.377 e. The molecule has 0 aliphatic heterocycles. The van der Waals surface area contributed by atoms with Crippen LogP contribution in [0.3, 0.4) is 0 Å². The summed E-state index contributed by atoms with van der Waals surface area (Å²) in [7, 11) is 0. The summed E-state index contributed by atoms with van der Waals surface area (Å²) in [5.74, 6) is -1.07. The summed E-state index contributed by atoms with van der Waals surface area (Å²) < 4.78 is 31.1. The average molecular weight is 229 g/mol. The van der Waals surface area contributed by atoms with Crippen LogP contribution in [-0.4, -0.2) is 19.3 Å². The first kappa shape index (κ1) is 13.1. The molecule has 0 spiro atoms. The van der Waals surface area contributed by atoms with E-state index in [1.807, 2.05) is 13.8 Å². The van der Waals surface area contributed by atoms with Crippen molar-refractivity contribution in [3.05, 3.63) is 35.4 Å². The Kier molecular flexibility index (Phi) is 5.35. The van der Waals surface area contributed by atoms with E-state index in [0.29, 0.717) is 25.3 Å². The number of ether oxygens (including phenoxy) is 1. The highest BCUT2D eigenvalue weighted by Crippen LogP contribution is 2.08. The minimum absolute atomic E-state index is 0.0912. The van der Waals surface area contributed by atoms with Crippen LogP contribution in [0, 0.1) is 11.6 Å². The Morgan fingerprint density at radius 1 is 1.38 bits per heavy atom. The predicted molar refractivity (Wildman–Crippen MR) is 59.2 cm³/mol. The smallest absolute Gasteiger partial charge is 0.130 e. The van der Waals surface area contributed by atoms with E-state index >= 15 is 0 Å². The van der Waals surface area contributed by atoms with Gasteiger partial charge < -0.3 is 10.1 Å². The molecule has 1 rings (SSSR count). The summed E-state index contributed by atoms with van der Waals surface area (Å²) in [5, 5.41) is 3.06. The van der Waals surface area contributed by atoms with Gasteiger partial charge in [-0.05, 0) is 19.9 Å². The maximum absolute atomic E-state index is 13.2. The van der Waals surface area contributed by atoms with Gasteiger partial charge >= 0.3 is 0 Å². The molecule has 4 heteroatoms. The highest BCUT2D eigenvalue weighted by Gasteiger charge is 2.04. The van der Waals surface area contributed by atoms with Crippen LogP contribution in [0.25, 0.3) is 0 Å². The van der Waals surface area contributed by atoms with Gasteiger partial charge in [-0.3, -0.25) is 0 Å². The number of hydrogen-bond donors (Lipinski definition) is 1. The Morgan fingerprint density at radius 3 is 2.75 bits per heavy atom. The first-order chi connectivity index (χ1) is 7.63. The van der Waals surface area contributed by atoms with Gasteiger partial charge in [-0.15, -0.1) is 0 Å². The Hall–Kier alpha value is -1.00. The lowest BCUT2D eigenvalue weighted by molar-refractivity contribution is 0.0759. The van der Waals surface area contributed by atoms with Gasteiger partial charge in [-0.1, -0.05) is 6.07 Å². The maximum atomic E-state index is 13.2. The van der Waals surface area contributed by atoms with Crippen LogP contribution in [0.5, 0.6) is 0 Å². The number of hydrogen-bond acceptors (Lipinski definition) is 2. The summed E-state index contributed by atoms with van der Waals surface area (Å²) in [6.07, 6.45) is 0.0912. The fraction of sp³-hybridized carbons (Fsp3) is 0.500. The Labute approximate surface area is 94.6 Å². The normalized spacial score (nSPS) is 12.8. The second kappa shape index (κ2) is 6.55. The van der Waals surface area contributed by atoms with Crippen LogP contribution in [-0.2, 0) is 11.3 Å². The second-order valence-corrected chi connectivity index (χ2v) is 3.63. The Morgan fingerprint density at radius 2 is 2.12 bits per heavy atom. The van der Waals surface area contributed by atoms with Gasteiger partial charge in [0, 0.05) is 31.3 Å². The van der Waals surface area contributed by atoms with Gasteiger partial charge in [0.05, 0.1) is 6.10 Å².